The average Bonchev–Trinajstić information content (AvgIpc) is 2.82. The minimum Gasteiger partial charge on any atom is -0.506 e. The molecule has 1 fully saturated rings. The Morgan fingerprint density at radius 1 is 0.971 bits per heavy atom. The lowest BCUT2D eigenvalue weighted by Crippen LogP contribution is -2.61. The molecule has 1 N–H and O–H groups in total. The SMILES string of the molecule is CC(=O)C(CCC(C)(C)N1CC(OCc2ccc(O)c(Cl)c2)C1)(c1ccccc1)c1ccccc1. The van der Waals surface area contributed by atoms with Crippen molar-refractivity contribution in [3.63, 3.8) is 0 Å². The molecule has 0 unspecified atom stereocenters. The van der Waals surface area contributed by atoms with Crippen LogP contribution in [-0.4, -0.2) is 40.5 Å². The van der Waals surface area contributed by atoms with Crippen LogP contribution in [0.15, 0.2) is 78.9 Å². The summed E-state index contributed by atoms with van der Waals surface area (Å²) in [5.74, 6) is 0.253. The van der Waals surface area contributed by atoms with Gasteiger partial charge in [0.15, 0.2) is 0 Å². The normalized spacial score (nSPS) is 15.1. The monoisotopic (exact) mass is 491 g/mol. The fraction of sp³-hybridized carbons (Fsp3) is 0.367. The molecular weight excluding hydrogens is 458 g/mol. The molecule has 0 radical (unpaired) electrons. The molecule has 0 amide bonds. The lowest BCUT2D eigenvalue weighted by molar-refractivity contribution is -0.122. The minimum absolute atomic E-state index is 0.0774. The molecule has 0 atom stereocenters. The van der Waals surface area contributed by atoms with Crippen LogP contribution in [0.2, 0.25) is 5.02 Å². The molecule has 1 heterocycles. The van der Waals surface area contributed by atoms with Crippen molar-refractivity contribution < 1.29 is 14.6 Å². The number of phenols is 1. The standard InChI is InChI=1S/C30H34ClNO3/c1-22(33)30(24-10-6-4-7-11-24,25-12-8-5-9-13-25)17-16-29(2,3)32-19-26(20-32)35-21-23-14-15-28(34)27(31)18-23/h4-15,18,26,34H,16-17,19-21H2,1-3H3. The zero-order valence-electron chi connectivity index (χ0n) is 20.7. The number of halogens is 1. The Morgan fingerprint density at radius 2 is 1.54 bits per heavy atom. The van der Waals surface area contributed by atoms with Gasteiger partial charge in [-0.25, -0.2) is 0 Å². The van der Waals surface area contributed by atoms with Crippen LogP contribution in [0.1, 0.15) is 50.3 Å². The summed E-state index contributed by atoms with van der Waals surface area (Å²) in [5.41, 5.74) is 2.30. The van der Waals surface area contributed by atoms with Crippen LogP contribution in [0.3, 0.4) is 0 Å². The van der Waals surface area contributed by atoms with Crippen LogP contribution in [0.4, 0.5) is 0 Å². The maximum atomic E-state index is 13.3. The van der Waals surface area contributed by atoms with Gasteiger partial charge in [-0.15, -0.1) is 0 Å². The van der Waals surface area contributed by atoms with E-state index in [1.54, 1.807) is 19.1 Å². The van der Waals surface area contributed by atoms with E-state index in [1.165, 1.54) is 0 Å². The quantitative estimate of drug-likeness (QED) is 0.357. The molecule has 0 aliphatic carbocycles. The van der Waals surface area contributed by atoms with Crippen molar-refractivity contribution in [2.75, 3.05) is 13.1 Å². The highest BCUT2D eigenvalue weighted by Crippen LogP contribution is 2.41. The summed E-state index contributed by atoms with van der Waals surface area (Å²) in [5, 5.41) is 9.93. The van der Waals surface area contributed by atoms with Gasteiger partial charge >= 0.3 is 0 Å². The van der Waals surface area contributed by atoms with Crippen molar-refractivity contribution in [1.82, 2.24) is 4.90 Å². The first kappa shape index (κ1) is 25.4. The van der Waals surface area contributed by atoms with Gasteiger partial charge in [-0.1, -0.05) is 78.3 Å². The number of phenolic OH excluding ortho intramolecular Hbond substituents is 1. The summed E-state index contributed by atoms with van der Waals surface area (Å²) in [4.78, 5) is 15.7. The Labute approximate surface area is 213 Å². The molecule has 35 heavy (non-hydrogen) atoms. The molecule has 1 aliphatic rings. The number of Topliss-reactive ketones (excluding diaryl/α,β-unsaturated/α-hetero) is 1. The van der Waals surface area contributed by atoms with Crippen molar-refractivity contribution in [3.8, 4) is 5.75 Å². The molecule has 0 spiro atoms. The number of carbonyl (C=O) groups is 1. The smallest absolute Gasteiger partial charge is 0.144 e. The highest BCUT2D eigenvalue weighted by molar-refractivity contribution is 6.32. The van der Waals surface area contributed by atoms with Crippen LogP contribution >= 0.6 is 11.6 Å². The number of carbonyl (C=O) groups excluding carboxylic acids is 1. The van der Waals surface area contributed by atoms with E-state index in [1.807, 2.05) is 42.5 Å². The molecule has 3 aromatic carbocycles. The zero-order valence-corrected chi connectivity index (χ0v) is 21.5. The van der Waals surface area contributed by atoms with E-state index in [-0.39, 0.29) is 23.2 Å². The van der Waals surface area contributed by atoms with Crippen LogP contribution in [0.25, 0.3) is 0 Å². The lowest BCUT2D eigenvalue weighted by Gasteiger charge is -2.50. The molecule has 1 aliphatic heterocycles. The van der Waals surface area contributed by atoms with Crippen LogP contribution in [-0.2, 0) is 21.6 Å². The second-order valence-electron chi connectivity index (χ2n) is 10.1. The Bertz CT molecular complexity index is 1100. The van der Waals surface area contributed by atoms with E-state index in [0.717, 1.165) is 42.6 Å². The molecule has 0 bridgehead atoms. The molecule has 0 saturated carbocycles. The third-order valence-electron chi connectivity index (χ3n) is 7.45. The average molecular weight is 492 g/mol. The number of likely N-dealkylation sites (tertiary alicyclic amines) is 1. The predicted octanol–water partition coefficient (Wildman–Crippen LogP) is 6.38. The molecule has 4 rings (SSSR count). The van der Waals surface area contributed by atoms with Gasteiger partial charge in [0, 0.05) is 18.6 Å². The Morgan fingerprint density at radius 3 is 2.06 bits per heavy atom. The Kier molecular flexibility index (Phi) is 7.65. The second-order valence-corrected chi connectivity index (χ2v) is 10.5. The summed E-state index contributed by atoms with van der Waals surface area (Å²) in [6.45, 7) is 8.39. The second kappa shape index (κ2) is 10.5. The third-order valence-corrected chi connectivity index (χ3v) is 7.75. The first-order valence-corrected chi connectivity index (χ1v) is 12.6. The Hall–Kier alpha value is -2.66. The highest BCUT2D eigenvalue weighted by atomic mass is 35.5. The number of rotatable bonds is 10. The van der Waals surface area contributed by atoms with Crippen molar-refractivity contribution in [2.24, 2.45) is 0 Å². The van der Waals surface area contributed by atoms with Crippen molar-refractivity contribution in [2.45, 2.75) is 57.3 Å². The number of ether oxygens (including phenoxy) is 1. The van der Waals surface area contributed by atoms with Gasteiger partial charge in [-0.05, 0) is 62.4 Å². The van der Waals surface area contributed by atoms with E-state index in [2.05, 4.69) is 43.0 Å². The summed E-state index contributed by atoms with van der Waals surface area (Å²) in [6.07, 6.45) is 1.76. The van der Waals surface area contributed by atoms with Gasteiger partial charge < -0.3 is 9.84 Å². The van der Waals surface area contributed by atoms with E-state index >= 15 is 0 Å². The lowest BCUT2D eigenvalue weighted by atomic mass is 9.67. The van der Waals surface area contributed by atoms with Crippen molar-refractivity contribution in [1.29, 1.82) is 0 Å². The zero-order chi connectivity index (χ0) is 25.1. The van der Waals surface area contributed by atoms with Gasteiger partial charge in [-0.3, -0.25) is 9.69 Å². The van der Waals surface area contributed by atoms with Gasteiger partial charge in [0.05, 0.1) is 23.1 Å². The van der Waals surface area contributed by atoms with Crippen LogP contribution in [0.5, 0.6) is 5.75 Å². The first-order chi connectivity index (χ1) is 16.7. The molecule has 5 heteroatoms. The number of nitrogens with zero attached hydrogens (tertiary/aromatic N) is 1. The number of hydrogen-bond donors (Lipinski definition) is 1. The van der Waals surface area contributed by atoms with E-state index in [4.69, 9.17) is 16.3 Å². The van der Waals surface area contributed by atoms with Crippen LogP contribution in [0, 0.1) is 0 Å². The van der Waals surface area contributed by atoms with Gasteiger partial charge in [0.2, 0.25) is 0 Å². The molecule has 3 aromatic rings. The van der Waals surface area contributed by atoms with Crippen LogP contribution < -0.4 is 0 Å². The van der Waals surface area contributed by atoms with Gasteiger partial charge in [-0.2, -0.15) is 0 Å². The molecular formula is C30H34ClNO3. The number of benzene rings is 3. The fourth-order valence-electron chi connectivity index (χ4n) is 5.03. The minimum atomic E-state index is -0.668. The third kappa shape index (κ3) is 5.45. The summed E-state index contributed by atoms with van der Waals surface area (Å²) < 4.78 is 6.07. The van der Waals surface area contributed by atoms with Crippen molar-refractivity contribution in [3.05, 3.63) is 101 Å². The molecule has 184 valence electrons. The van der Waals surface area contributed by atoms with E-state index in [9.17, 15) is 9.90 Å². The number of aromatic hydroxyl groups is 1. The first-order valence-electron chi connectivity index (χ1n) is 12.2. The van der Waals surface area contributed by atoms with E-state index < -0.39 is 5.41 Å². The van der Waals surface area contributed by atoms with Crippen molar-refractivity contribution >= 4 is 17.4 Å². The molecule has 0 aromatic heterocycles. The summed E-state index contributed by atoms with van der Waals surface area (Å²) >= 11 is 6.00. The summed E-state index contributed by atoms with van der Waals surface area (Å²) in [7, 11) is 0. The topological polar surface area (TPSA) is 49.8 Å². The summed E-state index contributed by atoms with van der Waals surface area (Å²) in [6, 6.07) is 25.5. The molecule has 1 saturated heterocycles. The number of hydrogen-bond acceptors (Lipinski definition) is 4. The molecule has 4 nitrogen and oxygen atoms in total. The fourth-order valence-corrected chi connectivity index (χ4v) is 5.23. The maximum absolute atomic E-state index is 13.3. The van der Waals surface area contributed by atoms with Gasteiger partial charge in [0.25, 0.3) is 0 Å². The predicted molar refractivity (Wildman–Crippen MR) is 141 cm³/mol. The van der Waals surface area contributed by atoms with Gasteiger partial charge in [0.1, 0.15) is 11.5 Å². The maximum Gasteiger partial charge on any atom is 0.144 e. The Balaban J connectivity index is 1.42. The highest BCUT2D eigenvalue weighted by Gasteiger charge is 2.43. The largest absolute Gasteiger partial charge is 0.506 e. The van der Waals surface area contributed by atoms with E-state index in [0.29, 0.717) is 11.6 Å². The number of ketones is 1.